The van der Waals surface area contributed by atoms with Gasteiger partial charge in [-0.3, -0.25) is 19.1 Å². The van der Waals surface area contributed by atoms with E-state index in [0.717, 1.165) is 16.5 Å². The van der Waals surface area contributed by atoms with Crippen LogP contribution >= 0.6 is 11.8 Å². The van der Waals surface area contributed by atoms with Crippen LogP contribution in [0.1, 0.15) is 27.1 Å². The number of imide groups is 1. The number of ether oxygens (including phenoxy) is 1. The van der Waals surface area contributed by atoms with E-state index in [1.165, 1.54) is 16.7 Å². The van der Waals surface area contributed by atoms with Gasteiger partial charge in [-0.2, -0.15) is 0 Å². The predicted octanol–water partition coefficient (Wildman–Crippen LogP) is 3.92. The minimum Gasteiger partial charge on any atom is -0.496 e. The molecule has 0 spiro atoms. The van der Waals surface area contributed by atoms with E-state index < -0.39 is 0 Å². The number of aromatic nitrogens is 3. The van der Waals surface area contributed by atoms with Crippen molar-refractivity contribution in [2.75, 3.05) is 19.4 Å². The van der Waals surface area contributed by atoms with Crippen LogP contribution < -0.4 is 4.74 Å². The van der Waals surface area contributed by atoms with Gasteiger partial charge < -0.3 is 4.74 Å². The molecule has 158 valence electrons. The number of amides is 2. The summed E-state index contributed by atoms with van der Waals surface area (Å²) in [6.07, 6.45) is 2.45. The molecule has 1 aliphatic heterocycles. The molecule has 0 atom stereocenters. The molecule has 0 saturated heterocycles. The number of methoxy groups -OCH3 is 1. The van der Waals surface area contributed by atoms with Crippen LogP contribution in [-0.2, 0) is 6.54 Å². The molecule has 0 fully saturated rings. The van der Waals surface area contributed by atoms with Gasteiger partial charge in [0.15, 0.2) is 11.0 Å². The molecule has 0 N–H and O–H groups in total. The Balaban J connectivity index is 1.43. The number of para-hydroxylation sites is 1. The minimum atomic E-state index is -0.223. The van der Waals surface area contributed by atoms with Crippen LogP contribution in [0.3, 0.4) is 0 Å². The van der Waals surface area contributed by atoms with Crippen molar-refractivity contribution in [1.82, 2.24) is 19.7 Å². The second-order valence-electron chi connectivity index (χ2n) is 6.92. The maximum Gasteiger partial charge on any atom is 0.261 e. The number of benzene rings is 2. The fraction of sp³-hybridized carbons (Fsp3) is 0.217. The van der Waals surface area contributed by atoms with Gasteiger partial charge in [0.1, 0.15) is 5.75 Å². The van der Waals surface area contributed by atoms with Gasteiger partial charge >= 0.3 is 0 Å². The van der Waals surface area contributed by atoms with Crippen molar-refractivity contribution >= 4 is 23.6 Å². The maximum atomic E-state index is 12.5. The summed E-state index contributed by atoms with van der Waals surface area (Å²) in [6.45, 7) is 4.77. The van der Waals surface area contributed by atoms with Gasteiger partial charge in [-0.05, 0) is 30.7 Å². The van der Waals surface area contributed by atoms with Gasteiger partial charge in [0.2, 0.25) is 0 Å². The van der Waals surface area contributed by atoms with E-state index >= 15 is 0 Å². The van der Waals surface area contributed by atoms with Crippen LogP contribution in [0.5, 0.6) is 5.75 Å². The molecule has 31 heavy (non-hydrogen) atoms. The van der Waals surface area contributed by atoms with Gasteiger partial charge in [0.05, 0.1) is 23.8 Å². The highest BCUT2D eigenvalue weighted by Crippen LogP contribution is 2.31. The summed E-state index contributed by atoms with van der Waals surface area (Å²) in [6, 6.07) is 14.6. The molecule has 2 aromatic carbocycles. The van der Waals surface area contributed by atoms with Crippen molar-refractivity contribution in [3.63, 3.8) is 0 Å². The lowest BCUT2D eigenvalue weighted by Crippen LogP contribution is -2.31. The number of carbonyl (C=O) groups is 2. The highest BCUT2D eigenvalue weighted by molar-refractivity contribution is 7.99. The molecule has 0 bridgehead atoms. The number of rotatable bonds is 9. The van der Waals surface area contributed by atoms with Crippen molar-refractivity contribution in [3.05, 3.63) is 72.3 Å². The van der Waals surface area contributed by atoms with Crippen molar-refractivity contribution in [1.29, 1.82) is 0 Å². The summed E-state index contributed by atoms with van der Waals surface area (Å²) < 4.78 is 7.44. The lowest BCUT2D eigenvalue weighted by atomic mass is 10.1. The molecular formula is C23H22N4O3S. The van der Waals surface area contributed by atoms with Gasteiger partial charge in [0, 0.05) is 18.8 Å². The van der Waals surface area contributed by atoms with Crippen LogP contribution in [0.15, 0.2) is 66.3 Å². The van der Waals surface area contributed by atoms with Gasteiger partial charge in [-0.1, -0.05) is 42.1 Å². The topological polar surface area (TPSA) is 77.3 Å². The Bertz CT molecular complexity index is 1110. The summed E-state index contributed by atoms with van der Waals surface area (Å²) in [4.78, 5) is 26.3. The van der Waals surface area contributed by atoms with Crippen LogP contribution in [0, 0.1) is 0 Å². The van der Waals surface area contributed by atoms with Crippen LogP contribution in [0.25, 0.3) is 11.4 Å². The van der Waals surface area contributed by atoms with Crippen molar-refractivity contribution in [3.8, 4) is 17.1 Å². The third kappa shape index (κ3) is 3.98. The van der Waals surface area contributed by atoms with E-state index in [1.54, 1.807) is 37.5 Å². The first kappa shape index (κ1) is 20.9. The third-order valence-electron chi connectivity index (χ3n) is 5.01. The van der Waals surface area contributed by atoms with Gasteiger partial charge in [-0.25, -0.2) is 0 Å². The fourth-order valence-corrected chi connectivity index (χ4v) is 4.42. The Morgan fingerprint density at radius 2 is 1.65 bits per heavy atom. The average molecular weight is 435 g/mol. The van der Waals surface area contributed by atoms with Gasteiger partial charge in [-0.15, -0.1) is 16.8 Å². The Morgan fingerprint density at radius 1 is 1.00 bits per heavy atom. The van der Waals surface area contributed by atoms with E-state index in [2.05, 4.69) is 16.8 Å². The highest BCUT2D eigenvalue weighted by Gasteiger charge is 2.34. The summed E-state index contributed by atoms with van der Waals surface area (Å²) in [5.41, 5.74) is 1.82. The molecular weight excluding hydrogens is 412 g/mol. The van der Waals surface area contributed by atoms with Crippen LogP contribution in [-0.4, -0.2) is 50.9 Å². The molecule has 1 aliphatic rings. The van der Waals surface area contributed by atoms with Crippen LogP contribution in [0.4, 0.5) is 0 Å². The first-order valence-electron chi connectivity index (χ1n) is 9.91. The summed E-state index contributed by atoms with van der Waals surface area (Å²) in [5.74, 6) is 1.68. The zero-order valence-electron chi connectivity index (χ0n) is 17.2. The lowest BCUT2D eigenvalue weighted by Gasteiger charge is -2.13. The summed E-state index contributed by atoms with van der Waals surface area (Å²) in [7, 11) is 1.63. The molecule has 8 heteroatoms. The van der Waals surface area contributed by atoms with Crippen molar-refractivity contribution < 1.29 is 14.3 Å². The minimum absolute atomic E-state index is 0.223. The largest absolute Gasteiger partial charge is 0.496 e. The molecule has 0 radical (unpaired) electrons. The first-order valence-corrected chi connectivity index (χ1v) is 10.9. The summed E-state index contributed by atoms with van der Waals surface area (Å²) in [5, 5.41) is 9.46. The van der Waals surface area contributed by atoms with Crippen molar-refractivity contribution in [2.45, 2.75) is 18.1 Å². The molecule has 2 heterocycles. The Labute approximate surface area is 184 Å². The predicted molar refractivity (Wildman–Crippen MR) is 119 cm³/mol. The smallest absolute Gasteiger partial charge is 0.261 e. The maximum absolute atomic E-state index is 12.5. The molecule has 0 aliphatic carbocycles. The number of thioether (sulfide) groups is 1. The lowest BCUT2D eigenvalue weighted by molar-refractivity contribution is 0.0655. The Kier molecular flexibility index (Phi) is 6.18. The molecule has 1 aromatic heterocycles. The second kappa shape index (κ2) is 9.18. The first-order chi connectivity index (χ1) is 15.2. The van der Waals surface area contributed by atoms with E-state index in [9.17, 15) is 9.59 Å². The average Bonchev–Trinajstić information content (AvgIpc) is 3.30. The van der Waals surface area contributed by atoms with E-state index in [4.69, 9.17) is 4.74 Å². The normalized spacial score (nSPS) is 12.9. The zero-order valence-corrected chi connectivity index (χ0v) is 18.0. The molecule has 0 saturated carbocycles. The fourth-order valence-electron chi connectivity index (χ4n) is 3.55. The number of nitrogens with zero attached hydrogens (tertiary/aromatic N) is 4. The summed E-state index contributed by atoms with van der Waals surface area (Å²) >= 11 is 1.54. The third-order valence-corrected chi connectivity index (χ3v) is 6.06. The zero-order chi connectivity index (χ0) is 21.8. The van der Waals surface area contributed by atoms with Crippen LogP contribution in [0.2, 0.25) is 0 Å². The number of hydrogen-bond acceptors (Lipinski definition) is 6. The Morgan fingerprint density at radius 3 is 2.29 bits per heavy atom. The number of fused-ring (bicyclic) bond motifs is 1. The molecule has 4 rings (SSSR count). The van der Waals surface area contributed by atoms with E-state index in [1.807, 2.05) is 28.8 Å². The van der Waals surface area contributed by atoms with Crippen molar-refractivity contribution in [2.24, 2.45) is 0 Å². The number of allylic oxidation sites excluding steroid dienone is 1. The van der Waals surface area contributed by atoms with E-state index in [-0.39, 0.29) is 11.8 Å². The highest BCUT2D eigenvalue weighted by atomic mass is 32.2. The molecule has 7 nitrogen and oxygen atoms in total. The monoisotopic (exact) mass is 434 g/mol. The second-order valence-corrected chi connectivity index (χ2v) is 7.98. The quantitative estimate of drug-likeness (QED) is 0.220. The number of hydrogen-bond donors (Lipinski definition) is 0. The molecule has 0 unspecified atom stereocenters. The van der Waals surface area contributed by atoms with Gasteiger partial charge in [0.25, 0.3) is 11.8 Å². The Hall–Kier alpha value is -3.39. The SMILES string of the molecule is C=CCn1c(SCCCN2C(=O)c3ccccc3C2=O)nnc1-c1ccccc1OC. The molecule has 3 aromatic rings. The number of carbonyl (C=O) groups excluding carboxylic acids is 2. The van der Waals surface area contributed by atoms with E-state index in [0.29, 0.717) is 42.2 Å². The molecule has 2 amide bonds. The standard InChI is InChI=1S/C23H22N4O3S/c1-3-13-26-20(18-11-6-7-12-19(18)30-2)24-25-23(26)31-15-8-14-27-21(28)16-9-4-5-10-17(16)22(27)29/h3-7,9-12H,1,8,13-15H2,2H3.